The van der Waals surface area contributed by atoms with Crippen molar-refractivity contribution in [1.29, 1.82) is 0 Å². The van der Waals surface area contributed by atoms with E-state index in [4.69, 9.17) is 15.2 Å². The van der Waals surface area contributed by atoms with Crippen LogP contribution in [0.3, 0.4) is 0 Å². The molecule has 0 spiro atoms. The van der Waals surface area contributed by atoms with Crippen LogP contribution in [-0.2, 0) is 17.5 Å². The fourth-order valence-corrected chi connectivity index (χ4v) is 1.51. The summed E-state index contributed by atoms with van der Waals surface area (Å²) < 4.78 is 48.8. The van der Waals surface area contributed by atoms with E-state index in [9.17, 15) is 13.2 Å². The second-order valence-corrected chi connectivity index (χ2v) is 3.99. The standard InChI is InChI=1S/C13H18F3NO2/c1-2-5-18-6-7-19-12-4-3-10(9-17)8-11(12)13(14,15)16/h3-4,8H,2,5-7,9,17H2,1H3. The van der Waals surface area contributed by atoms with Gasteiger partial charge in [-0.3, -0.25) is 0 Å². The molecule has 0 fully saturated rings. The smallest absolute Gasteiger partial charge is 0.419 e. The number of benzene rings is 1. The van der Waals surface area contributed by atoms with E-state index in [-0.39, 0.29) is 25.5 Å². The van der Waals surface area contributed by atoms with Crippen LogP contribution < -0.4 is 10.5 Å². The molecule has 1 rings (SSSR count). The van der Waals surface area contributed by atoms with Crippen LogP contribution >= 0.6 is 0 Å². The highest BCUT2D eigenvalue weighted by atomic mass is 19.4. The van der Waals surface area contributed by atoms with Crippen LogP contribution in [0.2, 0.25) is 0 Å². The van der Waals surface area contributed by atoms with Crippen molar-refractivity contribution >= 4 is 0 Å². The minimum atomic E-state index is -4.45. The van der Waals surface area contributed by atoms with Gasteiger partial charge in [-0.1, -0.05) is 13.0 Å². The molecule has 1 aromatic carbocycles. The number of alkyl halides is 3. The maximum absolute atomic E-state index is 12.8. The van der Waals surface area contributed by atoms with Crippen molar-refractivity contribution < 1.29 is 22.6 Å². The molecule has 0 amide bonds. The Bertz CT molecular complexity index is 394. The second-order valence-electron chi connectivity index (χ2n) is 3.99. The van der Waals surface area contributed by atoms with Crippen molar-refractivity contribution in [2.24, 2.45) is 5.73 Å². The highest BCUT2D eigenvalue weighted by Gasteiger charge is 2.34. The molecule has 19 heavy (non-hydrogen) atoms. The number of ether oxygens (including phenoxy) is 2. The summed E-state index contributed by atoms with van der Waals surface area (Å²) in [6, 6.07) is 3.84. The zero-order valence-electron chi connectivity index (χ0n) is 10.8. The van der Waals surface area contributed by atoms with E-state index in [0.29, 0.717) is 12.2 Å². The molecule has 0 heterocycles. The summed E-state index contributed by atoms with van der Waals surface area (Å²) in [7, 11) is 0. The Balaban J connectivity index is 2.71. The Morgan fingerprint density at radius 2 is 1.89 bits per heavy atom. The number of hydrogen-bond donors (Lipinski definition) is 1. The lowest BCUT2D eigenvalue weighted by Crippen LogP contribution is -2.13. The van der Waals surface area contributed by atoms with Gasteiger partial charge in [0, 0.05) is 13.2 Å². The zero-order valence-corrected chi connectivity index (χ0v) is 10.8. The first kappa shape index (κ1) is 15.8. The first-order valence-corrected chi connectivity index (χ1v) is 6.09. The van der Waals surface area contributed by atoms with Crippen molar-refractivity contribution in [2.45, 2.75) is 26.1 Å². The van der Waals surface area contributed by atoms with Gasteiger partial charge < -0.3 is 15.2 Å². The highest BCUT2D eigenvalue weighted by Crippen LogP contribution is 2.36. The predicted octanol–water partition coefficient (Wildman–Crippen LogP) is 2.97. The number of rotatable bonds is 7. The molecule has 0 aliphatic carbocycles. The van der Waals surface area contributed by atoms with Crippen molar-refractivity contribution in [1.82, 2.24) is 0 Å². The molecule has 0 aliphatic heterocycles. The SMILES string of the molecule is CCCOCCOc1ccc(CN)cc1C(F)(F)F. The molecule has 0 saturated carbocycles. The van der Waals surface area contributed by atoms with Crippen molar-refractivity contribution in [3.8, 4) is 5.75 Å². The third-order valence-corrected chi connectivity index (χ3v) is 2.42. The van der Waals surface area contributed by atoms with Gasteiger partial charge in [-0.15, -0.1) is 0 Å². The van der Waals surface area contributed by atoms with Crippen LogP contribution in [-0.4, -0.2) is 19.8 Å². The highest BCUT2D eigenvalue weighted by molar-refractivity contribution is 5.39. The average molecular weight is 277 g/mol. The molecule has 0 aromatic heterocycles. The third-order valence-electron chi connectivity index (χ3n) is 2.42. The second kappa shape index (κ2) is 7.35. The fourth-order valence-electron chi connectivity index (χ4n) is 1.51. The number of hydrogen-bond acceptors (Lipinski definition) is 3. The van der Waals surface area contributed by atoms with Gasteiger partial charge in [0.2, 0.25) is 0 Å². The Hall–Kier alpha value is -1.27. The molecule has 0 radical (unpaired) electrons. The first-order valence-electron chi connectivity index (χ1n) is 6.09. The van der Waals surface area contributed by atoms with E-state index in [1.54, 1.807) is 0 Å². The summed E-state index contributed by atoms with van der Waals surface area (Å²) in [5.41, 5.74) is 4.96. The van der Waals surface area contributed by atoms with Crippen LogP contribution in [0, 0.1) is 0 Å². The van der Waals surface area contributed by atoms with Gasteiger partial charge in [0.1, 0.15) is 12.4 Å². The summed E-state index contributed by atoms with van der Waals surface area (Å²) in [6.45, 7) is 2.94. The monoisotopic (exact) mass is 277 g/mol. The van der Waals surface area contributed by atoms with Crippen LogP contribution in [0.15, 0.2) is 18.2 Å². The molecule has 0 unspecified atom stereocenters. The van der Waals surface area contributed by atoms with Crippen molar-refractivity contribution in [2.75, 3.05) is 19.8 Å². The summed E-state index contributed by atoms with van der Waals surface area (Å²) in [5, 5.41) is 0. The van der Waals surface area contributed by atoms with E-state index in [1.165, 1.54) is 12.1 Å². The molecule has 0 atom stereocenters. The van der Waals surface area contributed by atoms with Crippen LogP contribution in [0.5, 0.6) is 5.75 Å². The van der Waals surface area contributed by atoms with Crippen LogP contribution in [0.25, 0.3) is 0 Å². The summed E-state index contributed by atoms with van der Waals surface area (Å²) >= 11 is 0. The molecule has 3 nitrogen and oxygen atoms in total. The lowest BCUT2D eigenvalue weighted by Gasteiger charge is -2.15. The molecule has 108 valence electrons. The Labute approximate surface area is 110 Å². The molecular weight excluding hydrogens is 259 g/mol. The van der Waals surface area contributed by atoms with Gasteiger partial charge in [0.25, 0.3) is 0 Å². The van der Waals surface area contributed by atoms with E-state index in [2.05, 4.69) is 0 Å². The van der Waals surface area contributed by atoms with Gasteiger partial charge in [-0.2, -0.15) is 13.2 Å². The Kier molecular flexibility index (Phi) is 6.11. The maximum Gasteiger partial charge on any atom is 0.419 e. The lowest BCUT2D eigenvalue weighted by atomic mass is 10.1. The van der Waals surface area contributed by atoms with Gasteiger partial charge >= 0.3 is 6.18 Å². The molecule has 0 bridgehead atoms. The largest absolute Gasteiger partial charge is 0.491 e. The summed E-state index contributed by atoms with van der Waals surface area (Å²) in [4.78, 5) is 0. The molecule has 2 N–H and O–H groups in total. The van der Waals surface area contributed by atoms with Gasteiger partial charge in [-0.05, 0) is 24.1 Å². The van der Waals surface area contributed by atoms with E-state index >= 15 is 0 Å². The predicted molar refractivity (Wildman–Crippen MR) is 65.9 cm³/mol. The summed E-state index contributed by atoms with van der Waals surface area (Å²) in [5.74, 6) is -0.190. The quantitative estimate of drug-likeness (QED) is 0.779. The molecular formula is C13H18F3NO2. The normalized spacial score (nSPS) is 11.6. The maximum atomic E-state index is 12.8. The van der Waals surface area contributed by atoms with Gasteiger partial charge in [-0.25, -0.2) is 0 Å². The summed E-state index contributed by atoms with van der Waals surface area (Å²) in [6.07, 6.45) is -3.59. The van der Waals surface area contributed by atoms with Crippen molar-refractivity contribution in [3.63, 3.8) is 0 Å². The molecule has 1 aromatic rings. The van der Waals surface area contributed by atoms with Gasteiger partial charge in [0.05, 0.1) is 12.2 Å². The van der Waals surface area contributed by atoms with Crippen LogP contribution in [0.1, 0.15) is 24.5 Å². The van der Waals surface area contributed by atoms with Gasteiger partial charge in [0.15, 0.2) is 0 Å². The zero-order chi connectivity index (χ0) is 14.3. The molecule has 6 heteroatoms. The Morgan fingerprint density at radius 3 is 2.47 bits per heavy atom. The third kappa shape index (κ3) is 5.08. The van der Waals surface area contributed by atoms with Crippen molar-refractivity contribution in [3.05, 3.63) is 29.3 Å². The molecule has 0 aliphatic rings. The fraction of sp³-hybridized carbons (Fsp3) is 0.538. The molecule has 0 saturated heterocycles. The minimum Gasteiger partial charge on any atom is -0.491 e. The van der Waals surface area contributed by atoms with E-state index in [0.717, 1.165) is 12.5 Å². The minimum absolute atomic E-state index is 0.0585. The average Bonchev–Trinajstić information content (AvgIpc) is 2.37. The Morgan fingerprint density at radius 1 is 1.16 bits per heavy atom. The lowest BCUT2D eigenvalue weighted by molar-refractivity contribution is -0.139. The van der Waals surface area contributed by atoms with E-state index < -0.39 is 11.7 Å². The number of halogens is 3. The number of nitrogens with two attached hydrogens (primary N) is 1. The first-order chi connectivity index (χ1) is 8.99. The van der Waals surface area contributed by atoms with E-state index in [1.807, 2.05) is 6.92 Å². The topological polar surface area (TPSA) is 44.5 Å². The van der Waals surface area contributed by atoms with Crippen LogP contribution in [0.4, 0.5) is 13.2 Å².